The van der Waals surface area contributed by atoms with Crippen molar-refractivity contribution < 1.29 is 5.11 Å². The second kappa shape index (κ2) is 6.35. The van der Waals surface area contributed by atoms with Crippen LogP contribution in [0.25, 0.3) is 0 Å². The molecule has 0 radical (unpaired) electrons. The molecule has 84 valence electrons. The van der Waals surface area contributed by atoms with E-state index in [4.69, 9.17) is 0 Å². The molecule has 1 aliphatic rings. The Kier molecular flexibility index (Phi) is 5.40. The fraction of sp³-hybridized carbons (Fsp3) is 1.00. The van der Waals surface area contributed by atoms with Crippen LogP contribution in [0.2, 0.25) is 0 Å². The Hall–Kier alpha value is -0.160. The summed E-state index contributed by atoms with van der Waals surface area (Å²) in [5.41, 5.74) is 0. The van der Waals surface area contributed by atoms with Gasteiger partial charge in [-0.15, -0.1) is 0 Å². The Morgan fingerprint density at radius 3 is 2.93 bits per heavy atom. The van der Waals surface area contributed by atoms with Gasteiger partial charge in [-0.3, -0.25) is 4.90 Å². The highest BCUT2D eigenvalue weighted by Crippen LogP contribution is 2.03. The monoisotopic (exact) mass is 201 g/mol. The summed E-state index contributed by atoms with van der Waals surface area (Å²) in [6.07, 6.45) is 1.18. The van der Waals surface area contributed by atoms with Gasteiger partial charge in [0.05, 0.1) is 6.61 Å². The van der Waals surface area contributed by atoms with Gasteiger partial charge in [-0.1, -0.05) is 0 Å². The minimum Gasteiger partial charge on any atom is -0.395 e. The van der Waals surface area contributed by atoms with Gasteiger partial charge in [0, 0.05) is 25.7 Å². The van der Waals surface area contributed by atoms with Crippen LogP contribution >= 0.6 is 0 Å². The van der Waals surface area contributed by atoms with Gasteiger partial charge in [-0.05, 0) is 33.6 Å². The lowest BCUT2D eigenvalue weighted by Gasteiger charge is -2.35. The first-order valence-corrected chi connectivity index (χ1v) is 5.44. The normalized spacial score (nSPS) is 24.4. The molecule has 1 heterocycles. The van der Waals surface area contributed by atoms with Gasteiger partial charge in [-0.2, -0.15) is 0 Å². The Bertz CT molecular complexity index is 152. The van der Waals surface area contributed by atoms with E-state index in [1.807, 2.05) is 0 Å². The van der Waals surface area contributed by atoms with Crippen LogP contribution in [0, 0.1) is 0 Å². The summed E-state index contributed by atoms with van der Waals surface area (Å²) in [5.74, 6) is 0. The van der Waals surface area contributed by atoms with Crippen LogP contribution in [0.4, 0.5) is 0 Å². The lowest BCUT2D eigenvalue weighted by atomic mass is 10.2. The van der Waals surface area contributed by atoms with Crippen LogP contribution in [0.3, 0.4) is 0 Å². The van der Waals surface area contributed by atoms with Crippen molar-refractivity contribution in [1.82, 2.24) is 15.1 Å². The van der Waals surface area contributed by atoms with Gasteiger partial charge in [-0.25, -0.2) is 0 Å². The molecule has 0 saturated carbocycles. The van der Waals surface area contributed by atoms with Crippen molar-refractivity contribution in [3.8, 4) is 0 Å². The molecule has 1 atom stereocenters. The molecule has 0 bridgehead atoms. The molecule has 0 aliphatic carbocycles. The van der Waals surface area contributed by atoms with Crippen molar-refractivity contribution in [2.75, 3.05) is 53.4 Å². The average Bonchev–Trinajstić information content (AvgIpc) is 2.18. The van der Waals surface area contributed by atoms with Crippen molar-refractivity contribution in [3.05, 3.63) is 0 Å². The summed E-state index contributed by atoms with van der Waals surface area (Å²) in [5, 5.41) is 12.5. The van der Waals surface area contributed by atoms with Gasteiger partial charge in [0.25, 0.3) is 0 Å². The molecule has 0 amide bonds. The number of aliphatic hydroxyl groups excluding tert-OH is 1. The zero-order valence-electron chi connectivity index (χ0n) is 9.37. The van der Waals surface area contributed by atoms with Crippen LogP contribution < -0.4 is 5.32 Å². The minimum atomic E-state index is 0.273. The fourth-order valence-corrected chi connectivity index (χ4v) is 1.87. The fourth-order valence-electron chi connectivity index (χ4n) is 1.87. The largest absolute Gasteiger partial charge is 0.395 e. The number of nitrogens with one attached hydrogen (secondary N) is 1. The van der Waals surface area contributed by atoms with E-state index in [0.717, 1.165) is 32.7 Å². The van der Waals surface area contributed by atoms with Crippen LogP contribution in [-0.2, 0) is 0 Å². The van der Waals surface area contributed by atoms with Crippen molar-refractivity contribution >= 4 is 0 Å². The zero-order chi connectivity index (χ0) is 10.4. The SMILES string of the molecule is CN(C)CCCN1CCNCC1CO. The van der Waals surface area contributed by atoms with E-state index >= 15 is 0 Å². The van der Waals surface area contributed by atoms with Gasteiger partial charge in [0.15, 0.2) is 0 Å². The highest BCUT2D eigenvalue weighted by molar-refractivity contribution is 4.78. The van der Waals surface area contributed by atoms with Crippen molar-refractivity contribution in [1.29, 1.82) is 0 Å². The van der Waals surface area contributed by atoms with Gasteiger partial charge >= 0.3 is 0 Å². The summed E-state index contributed by atoms with van der Waals surface area (Å²) in [4.78, 5) is 4.59. The third-order valence-corrected chi connectivity index (χ3v) is 2.73. The topological polar surface area (TPSA) is 38.7 Å². The maximum atomic E-state index is 9.18. The maximum absolute atomic E-state index is 9.18. The molecule has 2 N–H and O–H groups in total. The first-order valence-electron chi connectivity index (χ1n) is 5.44. The van der Waals surface area contributed by atoms with Gasteiger partial charge < -0.3 is 15.3 Å². The molecule has 1 unspecified atom stereocenters. The second-order valence-electron chi connectivity index (χ2n) is 4.23. The molecule has 0 aromatic rings. The third kappa shape index (κ3) is 3.92. The molecule has 1 fully saturated rings. The Balaban J connectivity index is 2.19. The average molecular weight is 201 g/mol. The summed E-state index contributed by atoms with van der Waals surface area (Å²) in [6, 6.07) is 0.325. The van der Waals surface area contributed by atoms with Gasteiger partial charge in [0.2, 0.25) is 0 Å². The molecule has 0 aromatic carbocycles. The van der Waals surface area contributed by atoms with Crippen molar-refractivity contribution in [2.45, 2.75) is 12.5 Å². The molecule has 14 heavy (non-hydrogen) atoms. The summed E-state index contributed by atoms with van der Waals surface area (Å²) in [6.45, 7) is 5.55. The highest BCUT2D eigenvalue weighted by atomic mass is 16.3. The molecule has 1 rings (SSSR count). The first-order chi connectivity index (χ1) is 6.74. The van der Waals surface area contributed by atoms with Crippen LogP contribution in [0.1, 0.15) is 6.42 Å². The molecule has 4 nitrogen and oxygen atoms in total. The third-order valence-electron chi connectivity index (χ3n) is 2.73. The molecular weight excluding hydrogens is 178 g/mol. The molecular formula is C10H23N3O. The molecule has 0 spiro atoms. The van der Waals surface area contributed by atoms with Crippen LogP contribution in [0.15, 0.2) is 0 Å². The van der Waals surface area contributed by atoms with Gasteiger partial charge in [0.1, 0.15) is 0 Å². The molecule has 0 aromatic heterocycles. The van der Waals surface area contributed by atoms with E-state index in [2.05, 4.69) is 29.2 Å². The van der Waals surface area contributed by atoms with Crippen LogP contribution in [0.5, 0.6) is 0 Å². The molecule has 1 aliphatic heterocycles. The number of hydrogen-bond donors (Lipinski definition) is 2. The zero-order valence-corrected chi connectivity index (χ0v) is 9.37. The van der Waals surface area contributed by atoms with E-state index in [-0.39, 0.29) is 6.61 Å². The highest BCUT2D eigenvalue weighted by Gasteiger charge is 2.20. The van der Waals surface area contributed by atoms with Crippen LogP contribution in [-0.4, -0.2) is 74.4 Å². The van der Waals surface area contributed by atoms with E-state index < -0.39 is 0 Å². The number of hydrogen-bond acceptors (Lipinski definition) is 4. The smallest absolute Gasteiger partial charge is 0.0599 e. The summed E-state index contributed by atoms with van der Waals surface area (Å²) < 4.78 is 0. The standard InChI is InChI=1S/C10H23N3O/c1-12(2)5-3-6-13-7-4-11-8-10(13)9-14/h10-11,14H,3-9H2,1-2H3. The quantitative estimate of drug-likeness (QED) is 0.611. The Morgan fingerprint density at radius 1 is 1.50 bits per heavy atom. The number of aliphatic hydroxyl groups is 1. The van der Waals surface area contributed by atoms with Crippen molar-refractivity contribution in [3.63, 3.8) is 0 Å². The Morgan fingerprint density at radius 2 is 2.29 bits per heavy atom. The number of nitrogens with zero attached hydrogens (tertiary/aromatic N) is 2. The second-order valence-corrected chi connectivity index (χ2v) is 4.23. The van der Waals surface area contributed by atoms with E-state index in [1.165, 1.54) is 6.42 Å². The molecule has 4 heteroatoms. The summed E-state index contributed by atoms with van der Waals surface area (Å²) in [7, 11) is 4.20. The molecule has 1 saturated heterocycles. The summed E-state index contributed by atoms with van der Waals surface area (Å²) >= 11 is 0. The lowest BCUT2D eigenvalue weighted by molar-refractivity contribution is 0.0975. The Labute approximate surface area is 86.9 Å². The van der Waals surface area contributed by atoms with E-state index in [1.54, 1.807) is 0 Å². The van der Waals surface area contributed by atoms with E-state index in [9.17, 15) is 5.11 Å². The van der Waals surface area contributed by atoms with E-state index in [0.29, 0.717) is 6.04 Å². The number of piperazine rings is 1. The number of rotatable bonds is 5. The lowest BCUT2D eigenvalue weighted by Crippen LogP contribution is -2.53. The first kappa shape index (κ1) is 11.9. The predicted molar refractivity (Wildman–Crippen MR) is 58.5 cm³/mol. The predicted octanol–water partition coefficient (Wildman–Crippen LogP) is -0.796. The minimum absolute atomic E-state index is 0.273. The maximum Gasteiger partial charge on any atom is 0.0599 e. The van der Waals surface area contributed by atoms with Crippen molar-refractivity contribution in [2.24, 2.45) is 0 Å².